The maximum absolute atomic E-state index is 13.3. The molecule has 1 N–H and O–H groups in total. The summed E-state index contributed by atoms with van der Waals surface area (Å²) in [6, 6.07) is 7.16. The number of hydrogen-bond acceptors (Lipinski definition) is 5. The van der Waals surface area contributed by atoms with Gasteiger partial charge in [-0.25, -0.2) is 0 Å². The Labute approximate surface area is 162 Å². The minimum atomic E-state index is -1.12. The SMILES string of the molecule is CS[C@@H]1C(C(=O)c2ccccc2C)=C(CC(=O)O)C(=O)N1C[C@@H]1CCCO1. The second-order valence-corrected chi connectivity index (χ2v) is 7.71. The maximum Gasteiger partial charge on any atom is 0.308 e. The lowest BCUT2D eigenvalue weighted by Crippen LogP contribution is -2.40. The molecule has 7 heteroatoms. The van der Waals surface area contributed by atoms with E-state index >= 15 is 0 Å². The van der Waals surface area contributed by atoms with E-state index in [1.807, 2.05) is 25.3 Å². The molecule has 6 nitrogen and oxygen atoms in total. The van der Waals surface area contributed by atoms with E-state index in [1.165, 1.54) is 11.8 Å². The number of aryl methyl sites for hydroxylation is 1. The van der Waals surface area contributed by atoms with Crippen LogP contribution in [0.2, 0.25) is 0 Å². The van der Waals surface area contributed by atoms with Crippen LogP contribution in [0.4, 0.5) is 0 Å². The molecule has 1 aromatic rings. The van der Waals surface area contributed by atoms with Gasteiger partial charge < -0.3 is 14.7 Å². The van der Waals surface area contributed by atoms with Crippen molar-refractivity contribution < 1.29 is 24.2 Å². The Morgan fingerprint density at radius 2 is 2.07 bits per heavy atom. The number of ketones is 1. The van der Waals surface area contributed by atoms with E-state index in [4.69, 9.17) is 4.74 Å². The van der Waals surface area contributed by atoms with Crippen molar-refractivity contribution >= 4 is 29.4 Å². The number of Topliss-reactive ketones (excluding diaryl/α,β-unsaturated/α-hetero) is 1. The highest BCUT2D eigenvalue weighted by Gasteiger charge is 2.43. The molecule has 0 spiro atoms. The van der Waals surface area contributed by atoms with E-state index in [0.29, 0.717) is 24.3 Å². The third kappa shape index (κ3) is 3.94. The number of carbonyl (C=O) groups is 3. The molecule has 1 saturated heterocycles. The first-order valence-electron chi connectivity index (χ1n) is 8.94. The predicted octanol–water partition coefficient (Wildman–Crippen LogP) is 2.66. The van der Waals surface area contributed by atoms with Gasteiger partial charge in [0.05, 0.1) is 12.5 Å². The standard InChI is InChI=1S/C20H23NO5S/c1-12-6-3-4-8-14(12)18(24)17-15(10-16(22)23)19(25)21(20(17)27-2)11-13-7-5-9-26-13/h3-4,6,8,13,20H,5,7,9-11H2,1-2H3,(H,22,23)/t13-,20+/m0/s1. The Hall–Kier alpha value is -2.12. The molecule has 2 atom stereocenters. The highest BCUT2D eigenvalue weighted by Crippen LogP contribution is 2.37. The second kappa shape index (κ2) is 8.27. The van der Waals surface area contributed by atoms with Gasteiger partial charge in [0.1, 0.15) is 5.37 Å². The third-order valence-corrected chi connectivity index (χ3v) is 5.92. The molecule has 3 rings (SSSR count). The normalized spacial score (nSPS) is 22.6. The molecule has 144 valence electrons. The summed E-state index contributed by atoms with van der Waals surface area (Å²) in [6.45, 7) is 2.87. The monoisotopic (exact) mass is 389 g/mol. The number of rotatable bonds is 7. The summed E-state index contributed by atoms with van der Waals surface area (Å²) in [5.74, 6) is -1.76. The number of aliphatic carboxylic acids is 1. The highest BCUT2D eigenvalue weighted by molar-refractivity contribution is 7.99. The van der Waals surface area contributed by atoms with E-state index in [0.717, 1.165) is 18.4 Å². The van der Waals surface area contributed by atoms with E-state index in [-0.39, 0.29) is 23.4 Å². The number of carbonyl (C=O) groups excluding carboxylic acids is 2. The molecule has 0 unspecified atom stereocenters. The van der Waals surface area contributed by atoms with Gasteiger partial charge in [-0.1, -0.05) is 24.3 Å². The van der Waals surface area contributed by atoms with Gasteiger partial charge in [-0.3, -0.25) is 14.4 Å². The first-order valence-corrected chi connectivity index (χ1v) is 10.2. The molecule has 0 aliphatic carbocycles. The van der Waals surface area contributed by atoms with Gasteiger partial charge in [0.15, 0.2) is 5.78 Å². The summed E-state index contributed by atoms with van der Waals surface area (Å²) < 4.78 is 5.65. The van der Waals surface area contributed by atoms with Gasteiger partial charge >= 0.3 is 5.97 Å². The smallest absolute Gasteiger partial charge is 0.308 e. The number of nitrogens with zero attached hydrogens (tertiary/aromatic N) is 1. The average Bonchev–Trinajstić information content (AvgIpc) is 3.23. The summed E-state index contributed by atoms with van der Waals surface area (Å²) in [6.07, 6.45) is 3.11. The van der Waals surface area contributed by atoms with Crippen LogP contribution < -0.4 is 0 Å². The zero-order valence-corrected chi connectivity index (χ0v) is 16.3. The Kier molecular flexibility index (Phi) is 6.01. The third-order valence-electron chi connectivity index (χ3n) is 4.98. The van der Waals surface area contributed by atoms with Crippen molar-refractivity contribution in [2.75, 3.05) is 19.4 Å². The maximum atomic E-state index is 13.3. The van der Waals surface area contributed by atoms with Crippen LogP contribution in [0.3, 0.4) is 0 Å². The first-order chi connectivity index (χ1) is 12.9. The van der Waals surface area contributed by atoms with Crippen LogP contribution in [0.25, 0.3) is 0 Å². The number of thioether (sulfide) groups is 1. The van der Waals surface area contributed by atoms with E-state index in [1.54, 1.807) is 17.0 Å². The molecule has 0 radical (unpaired) electrons. The summed E-state index contributed by atoms with van der Waals surface area (Å²) in [5, 5.41) is 8.80. The molecule has 27 heavy (non-hydrogen) atoms. The van der Waals surface area contributed by atoms with E-state index < -0.39 is 17.8 Å². The lowest BCUT2D eigenvalue weighted by molar-refractivity contribution is -0.137. The van der Waals surface area contributed by atoms with Crippen LogP contribution in [0, 0.1) is 6.92 Å². The van der Waals surface area contributed by atoms with Crippen LogP contribution >= 0.6 is 11.8 Å². The topological polar surface area (TPSA) is 83.9 Å². The molecular formula is C20H23NO5S. The first kappa shape index (κ1) is 19.6. The van der Waals surface area contributed by atoms with Crippen LogP contribution in [0.1, 0.15) is 35.2 Å². The minimum Gasteiger partial charge on any atom is -0.481 e. The average molecular weight is 389 g/mol. The lowest BCUT2D eigenvalue weighted by Gasteiger charge is -2.27. The number of benzene rings is 1. The molecule has 1 fully saturated rings. The fourth-order valence-electron chi connectivity index (χ4n) is 3.68. The summed E-state index contributed by atoms with van der Waals surface area (Å²) in [7, 11) is 0. The van der Waals surface area contributed by atoms with Gasteiger partial charge in [0.2, 0.25) is 0 Å². The molecule has 1 aromatic carbocycles. The zero-order chi connectivity index (χ0) is 19.6. The van der Waals surface area contributed by atoms with Crippen molar-refractivity contribution in [1.82, 2.24) is 4.90 Å². The largest absolute Gasteiger partial charge is 0.481 e. The zero-order valence-electron chi connectivity index (χ0n) is 15.4. The molecule has 2 heterocycles. The fraction of sp³-hybridized carbons (Fsp3) is 0.450. The van der Waals surface area contributed by atoms with Crippen LogP contribution in [-0.4, -0.2) is 58.6 Å². The lowest BCUT2D eigenvalue weighted by atomic mass is 9.95. The summed E-state index contributed by atoms with van der Waals surface area (Å²) >= 11 is 1.37. The van der Waals surface area contributed by atoms with Gasteiger partial charge in [0.25, 0.3) is 5.91 Å². The van der Waals surface area contributed by atoms with Crippen LogP contribution in [0.15, 0.2) is 35.4 Å². The number of amides is 1. The summed E-state index contributed by atoms with van der Waals surface area (Å²) in [4.78, 5) is 39.3. The molecule has 0 saturated carbocycles. The van der Waals surface area contributed by atoms with Crippen molar-refractivity contribution in [3.05, 3.63) is 46.5 Å². The van der Waals surface area contributed by atoms with Crippen molar-refractivity contribution in [2.24, 2.45) is 0 Å². The second-order valence-electron chi connectivity index (χ2n) is 6.79. The Bertz CT molecular complexity index is 797. The van der Waals surface area contributed by atoms with Crippen molar-refractivity contribution in [3.8, 4) is 0 Å². The van der Waals surface area contributed by atoms with Gasteiger partial charge in [-0.15, -0.1) is 11.8 Å². The Morgan fingerprint density at radius 3 is 2.67 bits per heavy atom. The molecule has 2 aliphatic rings. The summed E-state index contributed by atoms with van der Waals surface area (Å²) in [5.41, 5.74) is 1.69. The Balaban J connectivity index is 2.00. The fourth-order valence-corrected chi connectivity index (χ4v) is 4.60. The van der Waals surface area contributed by atoms with Crippen LogP contribution in [0.5, 0.6) is 0 Å². The number of ether oxygens (including phenoxy) is 1. The van der Waals surface area contributed by atoms with Crippen molar-refractivity contribution in [3.63, 3.8) is 0 Å². The number of carboxylic acid groups (broad SMARTS) is 1. The number of carboxylic acids is 1. The molecule has 1 amide bonds. The van der Waals surface area contributed by atoms with E-state index in [2.05, 4.69) is 0 Å². The quantitative estimate of drug-likeness (QED) is 0.722. The number of hydrogen-bond donors (Lipinski definition) is 1. The molecule has 0 aromatic heterocycles. The molecular weight excluding hydrogens is 366 g/mol. The minimum absolute atomic E-state index is 0.0670. The van der Waals surface area contributed by atoms with Crippen molar-refractivity contribution in [2.45, 2.75) is 37.7 Å². The van der Waals surface area contributed by atoms with Gasteiger partial charge in [0, 0.05) is 29.9 Å². The van der Waals surface area contributed by atoms with Gasteiger partial charge in [-0.05, 0) is 31.6 Å². The molecule has 2 aliphatic heterocycles. The van der Waals surface area contributed by atoms with Gasteiger partial charge in [-0.2, -0.15) is 0 Å². The highest BCUT2D eigenvalue weighted by atomic mass is 32.2. The van der Waals surface area contributed by atoms with Crippen LogP contribution in [-0.2, 0) is 14.3 Å². The predicted molar refractivity (Wildman–Crippen MR) is 103 cm³/mol. The Morgan fingerprint density at radius 1 is 1.33 bits per heavy atom. The van der Waals surface area contributed by atoms with Crippen molar-refractivity contribution in [1.29, 1.82) is 0 Å². The van der Waals surface area contributed by atoms with E-state index in [9.17, 15) is 19.5 Å². The molecule has 0 bridgehead atoms.